The molecule has 1 heterocycles. The number of hydrogen-bond donors (Lipinski definition) is 1. The van der Waals surface area contributed by atoms with Crippen LogP contribution in [0, 0.1) is 5.92 Å². The predicted molar refractivity (Wildman–Crippen MR) is 82.2 cm³/mol. The van der Waals surface area contributed by atoms with Crippen molar-refractivity contribution < 1.29 is 0 Å². The second-order valence-electron chi connectivity index (χ2n) is 5.55. The van der Waals surface area contributed by atoms with E-state index in [1.807, 2.05) is 6.20 Å². The monoisotopic (exact) mass is 256 g/mol. The summed E-state index contributed by atoms with van der Waals surface area (Å²) in [5, 5.41) is 6.20. The number of aromatic nitrogens is 1. The summed E-state index contributed by atoms with van der Waals surface area (Å²) in [5.41, 5.74) is 1.19. The largest absolute Gasteiger partial charge is 0.309 e. The van der Waals surface area contributed by atoms with Crippen molar-refractivity contribution in [2.45, 2.75) is 39.7 Å². The molecule has 2 nitrogen and oxygen atoms in total. The molecule has 19 heavy (non-hydrogen) atoms. The van der Waals surface area contributed by atoms with Gasteiger partial charge in [0, 0.05) is 11.6 Å². The zero-order valence-corrected chi connectivity index (χ0v) is 12.2. The van der Waals surface area contributed by atoms with Crippen molar-refractivity contribution in [2.75, 3.05) is 6.54 Å². The lowest BCUT2D eigenvalue weighted by molar-refractivity contribution is 0.425. The number of hydrogen-bond acceptors (Lipinski definition) is 2. The molecule has 1 aromatic heterocycles. The summed E-state index contributed by atoms with van der Waals surface area (Å²) >= 11 is 0. The molecule has 0 saturated carbocycles. The Labute approximate surface area is 116 Å². The summed E-state index contributed by atoms with van der Waals surface area (Å²) in [4.78, 5) is 4.65. The molecule has 0 aliphatic rings. The lowest BCUT2D eigenvalue weighted by atomic mass is 9.97. The van der Waals surface area contributed by atoms with E-state index in [0.717, 1.165) is 19.4 Å². The quantitative estimate of drug-likeness (QED) is 0.832. The maximum atomic E-state index is 4.65. The second kappa shape index (κ2) is 6.67. The van der Waals surface area contributed by atoms with Crippen LogP contribution in [0.2, 0.25) is 0 Å². The molecule has 2 heteroatoms. The standard InChI is InChI=1S/C17H24N2/c1-4-10-18-16(12-13(2)3)17-15-8-6-5-7-14(15)9-11-19-17/h5-9,11,13,16,18H,4,10,12H2,1-3H3. The van der Waals surface area contributed by atoms with Gasteiger partial charge in [0.15, 0.2) is 0 Å². The van der Waals surface area contributed by atoms with Crippen LogP contribution in [0.3, 0.4) is 0 Å². The van der Waals surface area contributed by atoms with Crippen LogP contribution in [-0.2, 0) is 0 Å². The minimum Gasteiger partial charge on any atom is -0.309 e. The number of nitrogens with zero attached hydrogens (tertiary/aromatic N) is 1. The molecule has 0 aliphatic carbocycles. The van der Waals surface area contributed by atoms with Gasteiger partial charge in [-0.05, 0) is 36.8 Å². The van der Waals surface area contributed by atoms with Crippen LogP contribution in [0.5, 0.6) is 0 Å². The van der Waals surface area contributed by atoms with E-state index in [-0.39, 0.29) is 0 Å². The van der Waals surface area contributed by atoms with Gasteiger partial charge in [0.1, 0.15) is 0 Å². The van der Waals surface area contributed by atoms with Crippen LogP contribution in [0.15, 0.2) is 36.5 Å². The minimum absolute atomic E-state index is 0.353. The van der Waals surface area contributed by atoms with Gasteiger partial charge in [0.2, 0.25) is 0 Å². The molecular weight excluding hydrogens is 232 g/mol. The van der Waals surface area contributed by atoms with Crippen LogP contribution in [-0.4, -0.2) is 11.5 Å². The van der Waals surface area contributed by atoms with Crippen LogP contribution in [0.25, 0.3) is 10.8 Å². The molecule has 0 bridgehead atoms. The molecule has 2 aromatic rings. The van der Waals surface area contributed by atoms with E-state index in [0.29, 0.717) is 12.0 Å². The maximum absolute atomic E-state index is 4.65. The summed E-state index contributed by atoms with van der Waals surface area (Å²) in [6, 6.07) is 11.0. The molecule has 2 rings (SSSR count). The summed E-state index contributed by atoms with van der Waals surface area (Å²) in [7, 11) is 0. The van der Waals surface area contributed by atoms with Gasteiger partial charge in [0.25, 0.3) is 0 Å². The fraction of sp³-hybridized carbons (Fsp3) is 0.471. The molecule has 1 N–H and O–H groups in total. The maximum Gasteiger partial charge on any atom is 0.0651 e. The second-order valence-corrected chi connectivity index (χ2v) is 5.55. The first-order valence-corrected chi connectivity index (χ1v) is 7.29. The van der Waals surface area contributed by atoms with E-state index >= 15 is 0 Å². The third-order valence-corrected chi connectivity index (χ3v) is 3.38. The lowest BCUT2D eigenvalue weighted by Gasteiger charge is -2.21. The highest BCUT2D eigenvalue weighted by atomic mass is 14.9. The van der Waals surface area contributed by atoms with Gasteiger partial charge in [-0.1, -0.05) is 45.0 Å². The number of rotatable bonds is 6. The minimum atomic E-state index is 0.353. The Bertz CT molecular complexity index is 514. The molecule has 0 aliphatic heterocycles. The van der Waals surface area contributed by atoms with E-state index in [4.69, 9.17) is 0 Å². The average molecular weight is 256 g/mol. The smallest absolute Gasteiger partial charge is 0.0651 e. The van der Waals surface area contributed by atoms with Crippen molar-refractivity contribution in [1.29, 1.82) is 0 Å². The fourth-order valence-electron chi connectivity index (χ4n) is 2.50. The molecule has 0 saturated heterocycles. The highest BCUT2D eigenvalue weighted by Gasteiger charge is 2.16. The Kier molecular flexibility index (Phi) is 4.92. The third kappa shape index (κ3) is 3.54. The molecule has 0 radical (unpaired) electrons. The Hall–Kier alpha value is -1.41. The van der Waals surface area contributed by atoms with Crippen LogP contribution >= 0.6 is 0 Å². The van der Waals surface area contributed by atoms with Gasteiger partial charge in [-0.25, -0.2) is 0 Å². The first-order chi connectivity index (χ1) is 9.22. The summed E-state index contributed by atoms with van der Waals surface area (Å²) in [6.45, 7) is 7.79. The van der Waals surface area contributed by atoms with Gasteiger partial charge in [-0.15, -0.1) is 0 Å². The van der Waals surface area contributed by atoms with E-state index in [2.05, 4.69) is 61.4 Å². The first-order valence-electron chi connectivity index (χ1n) is 7.29. The molecule has 1 atom stereocenters. The van der Waals surface area contributed by atoms with Gasteiger partial charge >= 0.3 is 0 Å². The van der Waals surface area contributed by atoms with Gasteiger partial charge in [0.05, 0.1) is 11.7 Å². The third-order valence-electron chi connectivity index (χ3n) is 3.38. The van der Waals surface area contributed by atoms with Gasteiger partial charge < -0.3 is 5.32 Å². The van der Waals surface area contributed by atoms with Crippen molar-refractivity contribution in [3.05, 3.63) is 42.2 Å². The van der Waals surface area contributed by atoms with Crippen molar-refractivity contribution in [2.24, 2.45) is 5.92 Å². The number of fused-ring (bicyclic) bond motifs is 1. The Morgan fingerprint density at radius 3 is 2.68 bits per heavy atom. The first kappa shape index (κ1) is 14.0. The molecule has 1 unspecified atom stereocenters. The molecule has 1 aromatic carbocycles. The Morgan fingerprint density at radius 2 is 1.95 bits per heavy atom. The van der Waals surface area contributed by atoms with Crippen LogP contribution < -0.4 is 5.32 Å². The van der Waals surface area contributed by atoms with Crippen LogP contribution in [0.4, 0.5) is 0 Å². The van der Waals surface area contributed by atoms with Crippen molar-refractivity contribution in [3.63, 3.8) is 0 Å². The molecular formula is C17H24N2. The number of nitrogens with one attached hydrogen (secondary N) is 1. The van der Waals surface area contributed by atoms with Crippen molar-refractivity contribution in [3.8, 4) is 0 Å². The predicted octanol–water partition coefficient (Wildman–Crippen LogP) is 4.32. The SMILES string of the molecule is CCCNC(CC(C)C)c1nccc2ccccc12. The van der Waals surface area contributed by atoms with E-state index < -0.39 is 0 Å². The molecule has 102 valence electrons. The van der Waals surface area contributed by atoms with Crippen molar-refractivity contribution >= 4 is 10.8 Å². The van der Waals surface area contributed by atoms with Gasteiger partial charge in [-0.2, -0.15) is 0 Å². The van der Waals surface area contributed by atoms with Crippen LogP contribution in [0.1, 0.15) is 45.3 Å². The normalized spacial score (nSPS) is 13.1. The summed E-state index contributed by atoms with van der Waals surface area (Å²) in [5.74, 6) is 0.662. The Morgan fingerprint density at radius 1 is 1.16 bits per heavy atom. The Balaban J connectivity index is 2.37. The average Bonchev–Trinajstić information content (AvgIpc) is 2.42. The number of benzene rings is 1. The van der Waals surface area contributed by atoms with E-state index in [9.17, 15) is 0 Å². The van der Waals surface area contributed by atoms with Gasteiger partial charge in [-0.3, -0.25) is 4.98 Å². The highest BCUT2D eigenvalue weighted by molar-refractivity contribution is 5.84. The molecule has 0 spiro atoms. The summed E-state index contributed by atoms with van der Waals surface area (Å²) < 4.78 is 0. The van der Waals surface area contributed by atoms with E-state index in [1.165, 1.54) is 16.5 Å². The zero-order valence-electron chi connectivity index (χ0n) is 12.2. The number of pyridine rings is 1. The zero-order chi connectivity index (χ0) is 13.7. The molecule has 0 amide bonds. The fourth-order valence-corrected chi connectivity index (χ4v) is 2.50. The van der Waals surface area contributed by atoms with Crippen molar-refractivity contribution in [1.82, 2.24) is 10.3 Å². The lowest BCUT2D eigenvalue weighted by Crippen LogP contribution is -2.24. The summed E-state index contributed by atoms with van der Waals surface area (Å²) in [6.07, 6.45) is 4.21. The topological polar surface area (TPSA) is 24.9 Å². The van der Waals surface area contributed by atoms with E-state index in [1.54, 1.807) is 0 Å². The highest BCUT2D eigenvalue weighted by Crippen LogP contribution is 2.26. The molecule has 0 fully saturated rings.